The van der Waals surface area contributed by atoms with Crippen LogP contribution in [-0.2, 0) is 5.41 Å². The van der Waals surface area contributed by atoms with Crippen LogP contribution < -0.4 is 10.5 Å². The van der Waals surface area contributed by atoms with E-state index < -0.39 is 5.41 Å². The van der Waals surface area contributed by atoms with E-state index in [1.807, 2.05) is 18.2 Å². The van der Waals surface area contributed by atoms with Gasteiger partial charge in [0.2, 0.25) is 0 Å². The van der Waals surface area contributed by atoms with Crippen LogP contribution in [0.5, 0.6) is 0 Å². The molecule has 1 aliphatic rings. The third kappa shape index (κ3) is 3.47. The molecule has 188 valence electrons. The average Bonchev–Trinajstić information content (AvgIpc) is 2.97. The van der Waals surface area contributed by atoms with Gasteiger partial charge in [0.15, 0.2) is 0 Å². The number of nitrogens with zero attached hydrogens (tertiary/aromatic N) is 1. The fraction of sp³-hybridized carbons (Fsp3) is 0.0833. The van der Waals surface area contributed by atoms with Crippen molar-refractivity contribution in [3.8, 4) is 0 Å². The van der Waals surface area contributed by atoms with Crippen molar-refractivity contribution < 1.29 is 4.42 Å². The lowest BCUT2D eigenvalue weighted by molar-refractivity contribution is 0.519. The summed E-state index contributed by atoms with van der Waals surface area (Å²) in [5.74, 6) is 0. The zero-order valence-corrected chi connectivity index (χ0v) is 21.9. The largest absolute Gasteiger partial charge is 0.431 e. The molecule has 1 aromatic heterocycles. The van der Waals surface area contributed by atoms with Gasteiger partial charge in [-0.1, -0.05) is 96.1 Å². The van der Waals surface area contributed by atoms with Gasteiger partial charge in [0.05, 0.1) is 28.4 Å². The van der Waals surface area contributed by atoms with Gasteiger partial charge in [-0.2, -0.15) is 0 Å². The van der Waals surface area contributed by atoms with Crippen molar-refractivity contribution in [2.45, 2.75) is 19.3 Å². The Labute approximate surface area is 227 Å². The third-order valence-corrected chi connectivity index (χ3v) is 7.94. The lowest BCUT2D eigenvalue weighted by Crippen LogP contribution is -2.38. The first-order valence-electron chi connectivity index (χ1n) is 13.2. The molecule has 3 nitrogen and oxygen atoms in total. The summed E-state index contributed by atoms with van der Waals surface area (Å²) in [7, 11) is 0. The van der Waals surface area contributed by atoms with Crippen LogP contribution in [0.4, 0.5) is 17.1 Å². The summed E-state index contributed by atoms with van der Waals surface area (Å²) in [6, 6.07) is 43.0. The molecule has 0 aliphatic carbocycles. The van der Waals surface area contributed by atoms with Crippen molar-refractivity contribution in [1.29, 1.82) is 0 Å². The molecule has 0 fully saturated rings. The van der Waals surface area contributed by atoms with Gasteiger partial charge >= 0.3 is 5.63 Å². The van der Waals surface area contributed by atoms with Crippen molar-refractivity contribution >= 4 is 27.8 Å². The number of aryl methyl sites for hydroxylation is 2. The highest BCUT2D eigenvalue weighted by Gasteiger charge is 2.46. The molecule has 0 radical (unpaired) electrons. The Morgan fingerprint density at radius 3 is 1.74 bits per heavy atom. The zero-order chi connectivity index (χ0) is 26.6. The van der Waals surface area contributed by atoms with Gasteiger partial charge in [-0.05, 0) is 77.9 Å². The Hall–Kier alpha value is -4.89. The highest BCUT2D eigenvalue weighted by atomic mass is 16.4. The lowest BCUT2D eigenvalue weighted by Gasteiger charge is -2.47. The Bertz CT molecular complexity index is 1810. The van der Waals surface area contributed by atoms with Crippen molar-refractivity contribution in [2.75, 3.05) is 4.90 Å². The molecule has 0 saturated carbocycles. The van der Waals surface area contributed by atoms with Crippen LogP contribution in [0, 0.1) is 13.8 Å². The predicted octanol–water partition coefficient (Wildman–Crippen LogP) is 8.58. The van der Waals surface area contributed by atoms with E-state index >= 15 is 0 Å². The van der Waals surface area contributed by atoms with E-state index in [0.717, 1.165) is 22.4 Å². The van der Waals surface area contributed by atoms with Gasteiger partial charge in [-0.15, -0.1) is 0 Å². The van der Waals surface area contributed by atoms with Crippen molar-refractivity contribution in [1.82, 2.24) is 0 Å². The van der Waals surface area contributed by atoms with Crippen molar-refractivity contribution in [3.63, 3.8) is 0 Å². The lowest BCUT2D eigenvalue weighted by atomic mass is 9.62. The minimum atomic E-state index is -0.514. The van der Waals surface area contributed by atoms with Crippen LogP contribution in [0.2, 0.25) is 0 Å². The van der Waals surface area contributed by atoms with Crippen molar-refractivity contribution in [2.24, 2.45) is 0 Å². The number of fused-ring (bicyclic) bond motifs is 3. The second-order valence-corrected chi connectivity index (χ2v) is 10.3. The molecular formula is C36H27NO2. The molecule has 39 heavy (non-hydrogen) atoms. The normalized spacial score (nSPS) is 13.6. The van der Waals surface area contributed by atoms with Gasteiger partial charge < -0.3 is 9.32 Å². The summed E-state index contributed by atoms with van der Waals surface area (Å²) in [5, 5.41) is 1.43. The van der Waals surface area contributed by atoms with Gasteiger partial charge in [0.25, 0.3) is 0 Å². The summed E-state index contributed by atoms with van der Waals surface area (Å²) in [6.07, 6.45) is 1.47. The quantitative estimate of drug-likeness (QED) is 0.241. The first-order valence-corrected chi connectivity index (χ1v) is 13.2. The van der Waals surface area contributed by atoms with Crippen LogP contribution >= 0.6 is 0 Å². The maximum absolute atomic E-state index is 12.4. The second-order valence-electron chi connectivity index (χ2n) is 10.3. The number of anilines is 3. The van der Waals surface area contributed by atoms with Gasteiger partial charge in [0, 0.05) is 5.69 Å². The summed E-state index contributed by atoms with van der Waals surface area (Å²) in [6.45, 7) is 4.32. The Kier molecular flexibility index (Phi) is 5.27. The number of hydrogen-bond acceptors (Lipinski definition) is 3. The molecule has 7 rings (SSSR count). The first-order chi connectivity index (χ1) is 19.1. The summed E-state index contributed by atoms with van der Waals surface area (Å²) in [5.41, 5.74) is 9.72. The fourth-order valence-electron chi connectivity index (χ4n) is 6.25. The van der Waals surface area contributed by atoms with Crippen LogP contribution in [0.25, 0.3) is 10.8 Å². The molecule has 6 aromatic rings. The van der Waals surface area contributed by atoms with Crippen LogP contribution in [0.1, 0.15) is 33.4 Å². The standard InChI is InChI=1S/C36H27NO2/c1-24-13-17-33-31(21-24)36(27-9-5-3-6-10-27,28-11-7-4-8-12-28)32-22-25(2)14-18-34(32)37(33)29-15-16-30-26(23-29)19-20-39-35(30)38/h3-23H,1-2H3. The molecule has 0 N–H and O–H groups in total. The molecule has 0 bridgehead atoms. The van der Waals surface area contributed by atoms with E-state index in [-0.39, 0.29) is 5.63 Å². The van der Waals surface area contributed by atoms with Crippen LogP contribution in [0.15, 0.2) is 137 Å². The van der Waals surface area contributed by atoms with Gasteiger partial charge in [-0.3, -0.25) is 0 Å². The molecule has 2 heterocycles. The van der Waals surface area contributed by atoms with E-state index in [0.29, 0.717) is 5.39 Å². The number of rotatable bonds is 3. The molecule has 3 heteroatoms. The molecule has 0 saturated heterocycles. The highest BCUT2D eigenvalue weighted by molar-refractivity contribution is 5.93. The Balaban J connectivity index is 1.63. The molecule has 0 spiro atoms. The second kappa shape index (κ2) is 8.85. The van der Waals surface area contributed by atoms with E-state index in [1.54, 1.807) is 0 Å². The first kappa shape index (κ1) is 23.2. The molecule has 0 amide bonds. The summed E-state index contributed by atoms with van der Waals surface area (Å²) in [4.78, 5) is 14.7. The van der Waals surface area contributed by atoms with Gasteiger partial charge in [0.1, 0.15) is 0 Å². The molecule has 0 atom stereocenters. The molecule has 5 aromatic carbocycles. The molecular weight excluding hydrogens is 478 g/mol. The topological polar surface area (TPSA) is 33.5 Å². The minimum absolute atomic E-state index is 0.322. The van der Waals surface area contributed by atoms with Gasteiger partial charge in [-0.25, -0.2) is 4.79 Å². The smallest absolute Gasteiger partial charge is 0.343 e. The Morgan fingerprint density at radius 2 is 1.18 bits per heavy atom. The zero-order valence-electron chi connectivity index (χ0n) is 21.9. The maximum atomic E-state index is 12.4. The van der Waals surface area contributed by atoms with E-state index in [1.165, 1.54) is 39.6 Å². The van der Waals surface area contributed by atoms with E-state index in [9.17, 15) is 4.79 Å². The Morgan fingerprint density at radius 1 is 0.615 bits per heavy atom. The monoisotopic (exact) mass is 505 g/mol. The number of hydrogen-bond donors (Lipinski definition) is 0. The van der Waals surface area contributed by atoms with Crippen LogP contribution in [-0.4, -0.2) is 0 Å². The highest BCUT2D eigenvalue weighted by Crippen LogP contribution is 2.58. The SMILES string of the molecule is Cc1ccc2c(c1)C(c1ccccc1)(c1ccccc1)c1cc(C)ccc1N2c1ccc2c(=O)occc2c1. The van der Waals surface area contributed by atoms with E-state index in [2.05, 4.69) is 122 Å². The summed E-state index contributed by atoms with van der Waals surface area (Å²) < 4.78 is 5.12. The third-order valence-electron chi connectivity index (χ3n) is 7.94. The predicted molar refractivity (Wildman–Crippen MR) is 159 cm³/mol. The van der Waals surface area contributed by atoms with Crippen LogP contribution in [0.3, 0.4) is 0 Å². The minimum Gasteiger partial charge on any atom is -0.431 e. The van der Waals surface area contributed by atoms with Crippen molar-refractivity contribution in [3.05, 3.63) is 171 Å². The molecule has 1 aliphatic heterocycles. The average molecular weight is 506 g/mol. The molecule has 0 unspecified atom stereocenters. The summed E-state index contributed by atoms with van der Waals surface area (Å²) >= 11 is 0. The van der Waals surface area contributed by atoms with E-state index in [4.69, 9.17) is 4.42 Å². The maximum Gasteiger partial charge on any atom is 0.343 e. The fourth-order valence-corrected chi connectivity index (χ4v) is 6.25. The number of benzene rings is 5.